The third kappa shape index (κ3) is 5.73. The molecule has 1 unspecified atom stereocenters. The Balaban J connectivity index is 1.13. The van der Waals surface area contributed by atoms with E-state index in [1.165, 1.54) is 36.2 Å². The van der Waals surface area contributed by atoms with Crippen LogP contribution in [-0.2, 0) is 11.3 Å². The van der Waals surface area contributed by atoms with Gasteiger partial charge in [0.2, 0.25) is 0 Å². The summed E-state index contributed by atoms with van der Waals surface area (Å²) >= 11 is 0. The van der Waals surface area contributed by atoms with Gasteiger partial charge in [-0.2, -0.15) is 5.10 Å². The van der Waals surface area contributed by atoms with Gasteiger partial charge in [0.05, 0.1) is 18.3 Å². The van der Waals surface area contributed by atoms with E-state index in [1.54, 1.807) is 6.21 Å². The van der Waals surface area contributed by atoms with Gasteiger partial charge >= 0.3 is 0 Å². The molecule has 35 heavy (non-hydrogen) atoms. The van der Waals surface area contributed by atoms with Gasteiger partial charge in [-0.1, -0.05) is 12.1 Å². The maximum atomic E-state index is 5.77. The van der Waals surface area contributed by atoms with Crippen LogP contribution in [0.5, 0.6) is 0 Å². The second-order valence-electron chi connectivity index (χ2n) is 10.4. The van der Waals surface area contributed by atoms with Crippen LogP contribution in [0.25, 0.3) is 0 Å². The zero-order valence-electron chi connectivity index (χ0n) is 20.9. The van der Waals surface area contributed by atoms with Crippen molar-refractivity contribution in [2.75, 3.05) is 44.2 Å². The van der Waals surface area contributed by atoms with Crippen LogP contribution in [0.1, 0.15) is 48.9 Å². The highest BCUT2D eigenvalue weighted by Gasteiger charge is 2.44. The van der Waals surface area contributed by atoms with Crippen molar-refractivity contribution >= 4 is 17.6 Å². The lowest BCUT2D eigenvalue weighted by molar-refractivity contribution is 0.0226. The van der Waals surface area contributed by atoms with Gasteiger partial charge < -0.3 is 15.5 Å². The fourth-order valence-corrected chi connectivity index (χ4v) is 5.68. The average molecular weight is 475 g/mol. The van der Waals surface area contributed by atoms with Gasteiger partial charge in [0, 0.05) is 55.3 Å². The molecule has 3 aliphatic heterocycles. The van der Waals surface area contributed by atoms with Crippen LogP contribution in [0.4, 0.5) is 5.69 Å². The molecule has 0 saturated carbocycles. The van der Waals surface area contributed by atoms with Crippen molar-refractivity contribution in [3.63, 3.8) is 0 Å². The highest BCUT2D eigenvalue weighted by atomic mass is 16.5. The Morgan fingerprint density at radius 1 is 1.20 bits per heavy atom. The first kappa shape index (κ1) is 23.9. The molecule has 3 aliphatic rings. The van der Waals surface area contributed by atoms with E-state index in [0.29, 0.717) is 12.0 Å². The summed E-state index contributed by atoms with van der Waals surface area (Å²) in [6.07, 6.45) is 9.90. The van der Waals surface area contributed by atoms with Gasteiger partial charge in [0.25, 0.3) is 0 Å². The number of nitrogens with two attached hydrogens (primary N) is 1. The number of nitrogens with zero attached hydrogens (tertiary/aromatic N) is 5. The van der Waals surface area contributed by atoms with Crippen molar-refractivity contribution in [1.29, 1.82) is 0 Å². The lowest BCUT2D eigenvalue weighted by Crippen LogP contribution is -2.60. The lowest BCUT2D eigenvalue weighted by atomic mass is 9.71. The summed E-state index contributed by atoms with van der Waals surface area (Å²) in [4.78, 5) is 14.1. The molecule has 1 aromatic heterocycles. The lowest BCUT2D eigenvalue weighted by Gasteiger charge is -2.55. The summed E-state index contributed by atoms with van der Waals surface area (Å²) in [5, 5.41) is 4.02. The van der Waals surface area contributed by atoms with Gasteiger partial charge in [-0.15, -0.1) is 0 Å². The largest absolute Gasteiger partial charge is 0.376 e. The molecule has 2 N–H and O–H groups in total. The first-order valence-electron chi connectivity index (χ1n) is 13.0. The van der Waals surface area contributed by atoms with E-state index < -0.39 is 0 Å². The van der Waals surface area contributed by atoms with Crippen LogP contribution in [0, 0.1) is 12.3 Å². The maximum Gasteiger partial charge on any atom is 0.108 e. The van der Waals surface area contributed by atoms with Crippen LogP contribution >= 0.6 is 0 Å². The summed E-state index contributed by atoms with van der Waals surface area (Å²) in [6.45, 7) is 9.21. The Morgan fingerprint density at radius 2 is 2.06 bits per heavy atom. The minimum Gasteiger partial charge on any atom is -0.376 e. The third-order valence-electron chi connectivity index (χ3n) is 7.87. The van der Waals surface area contributed by atoms with Crippen molar-refractivity contribution in [2.45, 2.75) is 51.7 Å². The van der Waals surface area contributed by atoms with E-state index in [4.69, 9.17) is 10.6 Å². The number of hydrazone groups is 1. The van der Waals surface area contributed by atoms with Crippen molar-refractivity contribution < 1.29 is 4.74 Å². The maximum absolute atomic E-state index is 5.77. The predicted octanol–water partition coefficient (Wildman–Crippen LogP) is 3.80. The highest BCUT2D eigenvalue weighted by molar-refractivity contribution is 6.38. The molecule has 0 aliphatic carbocycles. The van der Waals surface area contributed by atoms with E-state index in [9.17, 15) is 0 Å². The number of rotatable bonds is 7. The molecule has 3 saturated heterocycles. The van der Waals surface area contributed by atoms with Gasteiger partial charge in [-0.25, -0.2) is 0 Å². The Labute approximate surface area is 209 Å². The number of aryl methyl sites for hydroxylation is 1. The third-order valence-corrected chi connectivity index (χ3v) is 7.87. The number of pyridine rings is 1. The number of piperidine rings is 1. The zero-order valence-corrected chi connectivity index (χ0v) is 20.9. The minimum absolute atomic E-state index is 0.225. The molecule has 2 aromatic rings. The summed E-state index contributed by atoms with van der Waals surface area (Å²) in [5.41, 5.74) is 5.87. The predicted molar refractivity (Wildman–Crippen MR) is 142 cm³/mol. The Bertz CT molecular complexity index is 1030. The minimum atomic E-state index is 0.225. The topological polar surface area (TPSA) is 79.3 Å². The molecule has 7 heteroatoms. The van der Waals surface area contributed by atoms with Gasteiger partial charge in [0.15, 0.2) is 0 Å². The number of aromatic nitrogens is 1. The smallest absolute Gasteiger partial charge is 0.108 e. The standard InChI is InChI=1S/C28H38N6O/c1-22-16-24(8-9-26(22)27(32-29)18-30-17-25-7-3-5-15-35-25)34-20-28(21-34)10-13-33(14-11-28)19-23-6-2-4-12-31-23/h2,4,6,8-9,12,16,18,25H,3,5,7,10-11,13-15,17,19-21,29H2,1H3/b30-18?,32-27+. The van der Waals surface area contributed by atoms with Crippen molar-refractivity contribution in [3.8, 4) is 0 Å². The first-order valence-corrected chi connectivity index (χ1v) is 13.0. The summed E-state index contributed by atoms with van der Waals surface area (Å²) in [6, 6.07) is 12.8. The quantitative estimate of drug-likeness (QED) is 0.375. The van der Waals surface area contributed by atoms with Crippen LogP contribution in [-0.4, -0.2) is 67.2 Å². The van der Waals surface area contributed by atoms with E-state index >= 15 is 0 Å². The summed E-state index contributed by atoms with van der Waals surface area (Å²) in [5.74, 6) is 5.73. The van der Waals surface area contributed by atoms with Crippen molar-refractivity contribution in [1.82, 2.24) is 9.88 Å². The van der Waals surface area contributed by atoms with E-state index in [2.05, 4.69) is 62.1 Å². The molecule has 0 amide bonds. The fraction of sp³-hybridized carbons (Fsp3) is 0.536. The Hall–Kier alpha value is -2.77. The normalized spacial score (nSPS) is 23.1. The van der Waals surface area contributed by atoms with Crippen LogP contribution in [0.3, 0.4) is 0 Å². The van der Waals surface area contributed by atoms with Gasteiger partial charge in [-0.05, 0) is 81.9 Å². The molecule has 1 atom stereocenters. The number of benzene rings is 1. The number of hydrogen-bond acceptors (Lipinski definition) is 7. The second-order valence-corrected chi connectivity index (χ2v) is 10.4. The molecule has 1 aromatic carbocycles. The molecule has 0 radical (unpaired) electrons. The van der Waals surface area contributed by atoms with Crippen LogP contribution in [0.2, 0.25) is 0 Å². The van der Waals surface area contributed by atoms with Crippen molar-refractivity contribution in [2.24, 2.45) is 21.4 Å². The zero-order chi connectivity index (χ0) is 24.1. The first-order chi connectivity index (χ1) is 17.1. The number of ether oxygens (including phenoxy) is 1. The van der Waals surface area contributed by atoms with E-state index in [-0.39, 0.29) is 6.10 Å². The number of aliphatic imine (C=N–C) groups is 1. The van der Waals surface area contributed by atoms with Gasteiger partial charge in [-0.3, -0.25) is 14.9 Å². The van der Waals surface area contributed by atoms with Gasteiger partial charge in [0.1, 0.15) is 5.71 Å². The molecule has 7 nitrogen and oxygen atoms in total. The Morgan fingerprint density at radius 3 is 2.74 bits per heavy atom. The number of hydrogen-bond donors (Lipinski definition) is 1. The molecular formula is C28H38N6O. The summed E-state index contributed by atoms with van der Waals surface area (Å²) < 4.78 is 5.77. The average Bonchev–Trinajstić information content (AvgIpc) is 2.87. The molecule has 1 spiro atoms. The van der Waals surface area contributed by atoms with E-state index in [1.807, 2.05) is 12.3 Å². The monoisotopic (exact) mass is 474 g/mol. The van der Waals surface area contributed by atoms with Crippen LogP contribution in [0.15, 0.2) is 52.7 Å². The highest BCUT2D eigenvalue weighted by Crippen LogP contribution is 2.43. The molecule has 186 valence electrons. The molecular weight excluding hydrogens is 436 g/mol. The van der Waals surface area contributed by atoms with Crippen LogP contribution < -0.4 is 10.7 Å². The molecule has 5 rings (SSSR count). The molecule has 0 bridgehead atoms. The fourth-order valence-electron chi connectivity index (χ4n) is 5.68. The molecule has 4 heterocycles. The Kier molecular flexibility index (Phi) is 7.44. The second kappa shape index (κ2) is 10.9. The summed E-state index contributed by atoms with van der Waals surface area (Å²) in [7, 11) is 0. The molecule has 3 fully saturated rings. The SMILES string of the molecule is Cc1cc(N2CC3(CCN(Cc4ccccn4)CC3)C2)ccc1/C(C=NCC1CCCCO1)=N/N. The number of likely N-dealkylation sites (tertiary alicyclic amines) is 1. The van der Waals surface area contributed by atoms with Crippen molar-refractivity contribution in [3.05, 3.63) is 59.4 Å². The number of anilines is 1. The van der Waals surface area contributed by atoms with E-state index in [0.717, 1.165) is 63.4 Å².